The Morgan fingerprint density at radius 1 is 1.10 bits per heavy atom. The molecule has 152 valence electrons. The Hall–Kier alpha value is -2.79. The minimum absolute atomic E-state index is 0.142. The van der Waals surface area contributed by atoms with Crippen molar-refractivity contribution in [2.45, 2.75) is 32.2 Å². The Morgan fingerprint density at radius 3 is 2.41 bits per heavy atom. The van der Waals surface area contributed by atoms with E-state index in [-0.39, 0.29) is 23.6 Å². The molecule has 0 saturated carbocycles. The van der Waals surface area contributed by atoms with Gasteiger partial charge in [0.2, 0.25) is 0 Å². The molecule has 1 N–H and O–H groups in total. The summed E-state index contributed by atoms with van der Waals surface area (Å²) in [5.74, 6) is 0.208. The lowest BCUT2D eigenvalue weighted by Crippen LogP contribution is -2.45. The Labute approximate surface area is 176 Å². The quantitative estimate of drug-likeness (QED) is 0.734. The predicted molar refractivity (Wildman–Crippen MR) is 115 cm³/mol. The summed E-state index contributed by atoms with van der Waals surface area (Å²) in [7, 11) is 1.60. The number of benzene rings is 2. The number of ether oxygens (including phenoxy) is 1. The van der Waals surface area contributed by atoms with E-state index in [1.165, 1.54) is 0 Å². The molecule has 0 aliphatic carbocycles. The van der Waals surface area contributed by atoms with Crippen LogP contribution in [0.1, 0.15) is 42.1 Å². The number of amides is 2. The van der Waals surface area contributed by atoms with Gasteiger partial charge in [-0.05, 0) is 74.2 Å². The third kappa shape index (κ3) is 5.39. The number of carbonyl (C=O) groups is 2. The molecule has 0 aromatic heterocycles. The van der Waals surface area contributed by atoms with E-state index < -0.39 is 0 Å². The number of rotatable bonds is 5. The summed E-state index contributed by atoms with van der Waals surface area (Å²) < 4.78 is 5.19. The fourth-order valence-electron chi connectivity index (χ4n) is 3.37. The van der Waals surface area contributed by atoms with Gasteiger partial charge in [-0.2, -0.15) is 0 Å². The van der Waals surface area contributed by atoms with E-state index in [1.807, 2.05) is 36.1 Å². The molecule has 1 saturated heterocycles. The number of hydrogen-bond donors (Lipinski definition) is 1. The van der Waals surface area contributed by atoms with Gasteiger partial charge in [0.15, 0.2) is 0 Å². The average molecular weight is 413 g/mol. The maximum Gasteiger partial charge on any atom is 0.270 e. The molecular weight excluding hydrogens is 388 g/mol. The Bertz CT molecular complexity index is 891. The molecule has 1 aliphatic heterocycles. The molecule has 1 atom stereocenters. The highest BCUT2D eigenvalue weighted by molar-refractivity contribution is 6.30. The van der Waals surface area contributed by atoms with Crippen LogP contribution < -0.4 is 10.1 Å². The molecule has 6 heteroatoms. The monoisotopic (exact) mass is 412 g/mol. The van der Waals surface area contributed by atoms with Crippen LogP contribution in [-0.2, 0) is 4.79 Å². The first kappa shape index (κ1) is 20.9. The maximum atomic E-state index is 13.3. The summed E-state index contributed by atoms with van der Waals surface area (Å²) in [4.78, 5) is 27.8. The number of carbonyl (C=O) groups excluding carboxylic acids is 2. The van der Waals surface area contributed by atoms with Crippen molar-refractivity contribution in [2.75, 3.05) is 13.7 Å². The van der Waals surface area contributed by atoms with Gasteiger partial charge in [0.25, 0.3) is 11.8 Å². The van der Waals surface area contributed by atoms with Gasteiger partial charge in [-0.1, -0.05) is 23.7 Å². The number of hydrogen-bond acceptors (Lipinski definition) is 3. The minimum atomic E-state index is -0.348. The standard InChI is InChI=1S/C23H25ClN2O3/c1-16-5-3-4-14-26(16)23(28)21(15-17-6-12-20(29-2)13-7-17)25-22(27)18-8-10-19(24)11-9-18/h6-13,15-16H,3-5,14H2,1-2H3,(H,25,27)/t16-/m0/s1. The molecule has 1 aliphatic rings. The van der Waals surface area contributed by atoms with Gasteiger partial charge < -0.3 is 15.0 Å². The first-order valence-electron chi connectivity index (χ1n) is 9.71. The lowest BCUT2D eigenvalue weighted by atomic mass is 10.0. The molecule has 3 rings (SSSR count). The van der Waals surface area contributed by atoms with Crippen LogP contribution in [0.3, 0.4) is 0 Å². The summed E-state index contributed by atoms with van der Waals surface area (Å²) in [6, 6.07) is 14.0. The second-order valence-electron chi connectivity index (χ2n) is 7.14. The summed E-state index contributed by atoms with van der Waals surface area (Å²) in [6.45, 7) is 2.74. The van der Waals surface area contributed by atoms with Crippen LogP contribution in [0.5, 0.6) is 5.75 Å². The van der Waals surface area contributed by atoms with E-state index in [4.69, 9.17) is 16.3 Å². The average Bonchev–Trinajstić information content (AvgIpc) is 2.74. The van der Waals surface area contributed by atoms with Crippen LogP contribution in [0.25, 0.3) is 6.08 Å². The number of nitrogens with one attached hydrogen (secondary N) is 1. The van der Waals surface area contributed by atoms with E-state index >= 15 is 0 Å². The second-order valence-corrected chi connectivity index (χ2v) is 7.57. The van der Waals surface area contributed by atoms with Crippen LogP contribution >= 0.6 is 11.6 Å². The second kappa shape index (κ2) is 9.61. The topological polar surface area (TPSA) is 58.6 Å². The SMILES string of the molecule is COc1ccc(C=C(NC(=O)c2ccc(Cl)cc2)C(=O)N2CCCC[C@@H]2C)cc1. The van der Waals surface area contributed by atoms with Crippen molar-refractivity contribution in [1.29, 1.82) is 0 Å². The third-order valence-electron chi connectivity index (χ3n) is 5.08. The summed E-state index contributed by atoms with van der Waals surface area (Å²) in [5.41, 5.74) is 1.49. The normalized spacial score (nSPS) is 17.0. The highest BCUT2D eigenvalue weighted by Gasteiger charge is 2.27. The van der Waals surface area contributed by atoms with Crippen LogP contribution in [0, 0.1) is 0 Å². The fourth-order valence-corrected chi connectivity index (χ4v) is 3.49. The Kier molecular flexibility index (Phi) is 6.94. The number of piperidine rings is 1. The number of likely N-dealkylation sites (tertiary alicyclic amines) is 1. The van der Waals surface area contributed by atoms with Gasteiger partial charge in [-0.25, -0.2) is 0 Å². The molecule has 2 aromatic rings. The van der Waals surface area contributed by atoms with Crippen molar-refractivity contribution in [3.8, 4) is 5.75 Å². The van der Waals surface area contributed by atoms with Gasteiger partial charge in [-0.15, -0.1) is 0 Å². The maximum absolute atomic E-state index is 13.3. The van der Waals surface area contributed by atoms with Gasteiger partial charge in [0, 0.05) is 23.2 Å². The smallest absolute Gasteiger partial charge is 0.270 e. The first-order chi connectivity index (χ1) is 14.0. The van der Waals surface area contributed by atoms with Crippen molar-refractivity contribution in [3.63, 3.8) is 0 Å². The van der Waals surface area contributed by atoms with Gasteiger partial charge in [-0.3, -0.25) is 9.59 Å². The number of methoxy groups -OCH3 is 1. The highest BCUT2D eigenvalue weighted by atomic mass is 35.5. The molecule has 1 fully saturated rings. The molecule has 2 aromatic carbocycles. The van der Waals surface area contributed by atoms with Crippen LogP contribution in [0.15, 0.2) is 54.2 Å². The van der Waals surface area contributed by atoms with E-state index in [0.29, 0.717) is 17.1 Å². The molecule has 0 spiro atoms. The molecule has 0 unspecified atom stereocenters. The zero-order valence-electron chi connectivity index (χ0n) is 16.7. The predicted octanol–water partition coefficient (Wildman–Crippen LogP) is 4.52. The van der Waals surface area contributed by atoms with Crippen LogP contribution in [-0.4, -0.2) is 36.4 Å². The van der Waals surface area contributed by atoms with E-state index in [1.54, 1.807) is 37.5 Å². The molecule has 5 nitrogen and oxygen atoms in total. The number of nitrogens with zero attached hydrogens (tertiary/aromatic N) is 1. The molecule has 0 radical (unpaired) electrons. The minimum Gasteiger partial charge on any atom is -0.497 e. The van der Waals surface area contributed by atoms with Crippen molar-refractivity contribution in [1.82, 2.24) is 10.2 Å². The zero-order valence-corrected chi connectivity index (χ0v) is 17.4. The van der Waals surface area contributed by atoms with Crippen molar-refractivity contribution in [3.05, 3.63) is 70.4 Å². The zero-order chi connectivity index (χ0) is 20.8. The van der Waals surface area contributed by atoms with Crippen molar-refractivity contribution in [2.24, 2.45) is 0 Å². The summed E-state index contributed by atoms with van der Waals surface area (Å²) >= 11 is 5.91. The van der Waals surface area contributed by atoms with Crippen molar-refractivity contribution >= 4 is 29.5 Å². The van der Waals surface area contributed by atoms with Gasteiger partial charge in [0.1, 0.15) is 11.4 Å². The van der Waals surface area contributed by atoms with Gasteiger partial charge in [0.05, 0.1) is 7.11 Å². The summed E-state index contributed by atoms with van der Waals surface area (Å²) in [6.07, 6.45) is 4.75. The molecule has 0 bridgehead atoms. The molecule has 2 amide bonds. The van der Waals surface area contributed by atoms with E-state index in [0.717, 1.165) is 30.6 Å². The van der Waals surface area contributed by atoms with Gasteiger partial charge >= 0.3 is 0 Å². The Balaban J connectivity index is 1.89. The van der Waals surface area contributed by atoms with Crippen LogP contribution in [0.4, 0.5) is 0 Å². The van der Waals surface area contributed by atoms with E-state index in [2.05, 4.69) is 5.32 Å². The van der Waals surface area contributed by atoms with Crippen molar-refractivity contribution < 1.29 is 14.3 Å². The largest absolute Gasteiger partial charge is 0.497 e. The fraction of sp³-hybridized carbons (Fsp3) is 0.304. The lowest BCUT2D eigenvalue weighted by Gasteiger charge is -2.34. The first-order valence-corrected chi connectivity index (χ1v) is 10.1. The van der Waals surface area contributed by atoms with E-state index in [9.17, 15) is 9.59 Å². The lowest BCUT2D eigenvalue weighted by molar-refractivity contribution is -0.130. The molecular formula is C23H25ClN2O3. The molecule has 29 heavy (non-hydrogen) atoms. The molecule has 1 heterocycles. The highest BCUT2D eigenvalue weighted by Crippen LogP contribution is 2.20. The third-order valence-corrected chi connectivity index (χ3v) is 5.33. The van der Waals surface area contributed by atoms with Crippen LogP contribution in [0.2, 0.25) is 5.02 Å². The number of halogens is 1. The summed E-state index contributed by atoms with van der Waals surface area (Å²) in [5, 5.41) is 3.35. The Morgan fingerprint density at radius 2 is 1.79 bits per heavy atom.